The molecule has 0 unspecified atom stereocenters. The summed E-state index contributed by atoms with van der Waals surface area (Å²) in [4.78, 5) is 9.62. The van der Waals surface area contributed by atoms with Gasteiger partial charge in [-0.3, -0.25) is 0 Å². The molecule has 3 aromatic carbocycles. The normalized spacial score (nSPS) is 14.7. The van der Waals surface area contributed by atoms with Crippen molar-refractivity contribution in [2.24, 2.45) is 0 Å². The van der Waals surface area contributed by atoms with E-state index in [1.165, 1.54) is 15.8 Å². The lowest BCUT2D eigenvalue weighted by Gasteiger charge is -2.37. The van der Waals surface area contributed by atoms with Gasteiger partial charge in [-0.15, -0.1) is 5.10 Å². The van der Waals surface area contributed by atoms with Gasteiger partial charge in [0.25, 0.3) is 0 Å². The first kappa shape index (κ1) is 21.5. The lowest BCUT2D eigenvalue weighted by atomic mass is 10.1. The minimum Gasteiger partial charge on any atom is -0.368 e. The number of piperazine rings is 1. The number of aryl methyl sites for hydroxylation is 1. The van der Waals surface area contributed by atoms with E-state index in [1.54, 1.807) is 30.3 Å². The van der Waals surface area contributed by atoms with Gasteiger partial charge in [-0.2, -0.15) is 4.52 Å². The second-order valence-electron chi connectivity index (χ2n) is 8.71. The third kappa shape index (κ3) is 3.68. The molecule has 6 rings (SSSR count). The van der Waals surface area contributed by atoms with E-state index in [0.717, 1.165) is 42.9 Å². The standard InChI is InChI=1S/C26H24N6O2S/c1-19-8-7-9-20(18-19)30-14-16-31(17-15-30)24-22-12-5-6-13-23(22)32-25(27-24)26(28-29-32)35(33,34)21-10-3-2-4-11-21/h2-13,18H,14-17H2,1H3. The molecule has 0 atom stereocenters. The molecule has 8 nitrogen and oxygen atoms in total. The fraction of sp³-hybridized carbons (Fsp3) is 0.192. The zero-order valence-corrected chi connectivity index (χ0v) is 20.1. The minimum absolute atomic E-state index is 0.130. The number of benzene rings is 3. The second-order valence-corrected chi connectivity index (χ2v) is 10.6. The monoisotopic (exact) mass is 484 g/mol. The Morgan fingerprint density at radius 1 is 0.800 bits per heavy atom. The summed E-state index contributed by atoms with van der Waals surface area (Å²) in [5.74, 6) is 0.754. The van der Waals surface area contributed by atoms with Gasteiger partial charge < -0.3 is 9.80 Å². The number of rotatable bonds is 4. The first-order chi connectivity index (χ1) is 17.0. The molecule has 3 heterocycles. The molecule has 1 aliphatic rings. The first-order valence-corrected chi connectivity index (χ1v) is 13.0. The van der Waals surface area contributed by atoms with Crippen molar-refractivity contribution >= 4 is 37.9 Å². The van der Waals surface area contributed by atoms with Crippen LogP contribution in [0.5, 0.6) is 0 Å². The van der Waals surface area contributed by atoms with Crippen LogP contribution in [0.3, 0.4) is 0 Å². The molecule has 0 spiro atoms. The van der Waals surface area contributed by atoms with Crippen LogP contribution in [0.4, 0.5) is 11.5 Å². The quantitative estimate of drug-likeness (QED) is 0.384. The minimum atomic E-state index is -3.87. The van der Waals surface area contributed by atoms with E-state index in [9.17, 15) is 8.42 Å². The maximum absolute atomic E-state index is 13.4. The second kappa shape index (κ2) is 8.35. The van der Waals surface area contributed by atoms with Gasteiger partial charge >= 0.3 is 0 Å². The van der Waals surface area contributed by atoms with Crippen molar-refractivity contribution in [2.45, 2.75) is 16.8 Å². The van der Waals surface area contributed by atoms with Gasteiger partial charge in [0.2, 0.25) is 14.9 Å². The van der Waals surface area contributed by atoms with E-state index in [1.807, 2.05) is 24.3 Å². The third-order valence-electron chi connectivity index (χ3n) is 6.46. The summed E-state index contributed by atoms with van der Waals surface area (Å²) in [5.41, 5.74) is 3.47. The molecule has 176 valence electrons. The highest BCUT2D eigenvalue weighted by molar-refractivity contribution is 7.91. The molecule has 0 saturated carbocycles. The Labute approximate surface area is 203 Å². The largest absolute Gasteiger partial charge is 0.368 e. The average Bonchev–Trinajstić information content (AvgIpc) is 3.34. The number of aromatic nitrogens is 4. The van der Waals surface area contributed by atoms with Crippen LogP contribution in [0.1, 0.15) is 5.56 Å². The van der Waals surface area contributed by atoms with Crippen LogP contribution in [-0.4, -0.2) is 54.4 Å². The molecule has 9 heteroatoms. The van der Waals surface area contributed by atoms with Crippen LogP contribution in [-0.2, 0) is 9.84 Å². The fourth-order valence-electron chi connectivity index (χ4n) is 4.66. The average molecular weight is 485 g/mol. The number of nitrogens with zero attached hydrogens (tertiary/aromatic N) is 6. The van der Waals surface area contributed by atoms with Gasteiger partial charge in [-0.1, -0.05) is 47.7 Å². The molecule has 0 aliphatic carbocycles. The molecule has 0 N–H and O–H groups in total. The Morgan fingerprint density at radius 2 is 1.51 bits per heavy atom. The molecular formula is C26H24N6O2S. The smallest absolute Gasteiger partial charge is 0.229 e. The maximum Gasteiger partial charge on any atom is 0.229 e. The van der Waals surface area contributed by atoms with Gasteiger partial charge in [0, 0.05) is 37.3 Å². The summed E-state index contributed by atoms with van der Waals surface area (Å²) in [5, 5.41) is 9.04. The zero-order valence-electron chi connectivity index (χ0n) is 19.2. The van der Waals surface area contributed by atoms with Crippen molar-refractivity contribution in [2.75, 3.05) is 36.0 Å². The Kier molecular flexibility index (Phi) is 5.14. The number of hydrogen-bond acceptors (Lipinski definition) is 7. The van der Waals surface area contributed by atoms with Crippen LogP contribution in [0.15, 0.2) is 88.8 Å². The molecule has 0 amide bonds. The van der Waals surface area contributed by atoms with Crippen molar-refractivity contribution in [3.63, 3.8) is 0 Å². The molecule has 2 aromatic heterocycles. The number of fused-ring (bicyclic) bond motifs is 3. The highest BCUT2D eigenvalue weighted by atomic mass is 32.2. The summed E-state index contributed by atoms with van der Waals surface area (Å²) >= 11 is 0. The van der Waals surface area contributed by atoms with Crippen LogP contribution in [0.25, 0.3) is 16.6 Å². The Balaban J connectivity index is 1.42. The molecule has 35 heavy (non-hydrogen) atoms. The summed E-state index contributed by atoms with van der Waals surface area (Å²) in [6, 6.07) is 24.6. The number of anilines is 2. The van der Waals surface area contributed by atoms with Crippen LogP contribution >= 0.6 is 0 Å². The van der Waals surface area contributed by atoms with Gasteiger partial charge in [0.15, 0.2) is 5.65 Å². The van der Waals surface area contributed by atoms with E-state index in [4.69, 9.17) is 4.98 Å². The highest BCUT2D eigenvalue weighted by Crippen LogP contribution is 2.31. The lowest BCUT2D eigenvalue weighted by Crippen LogP contribution is -2.47. The maximum atomic E-state index is 13.4. The van der Waals surface area contributed by atoms with E-state index in [2.05, 4.69) is 51.3 Å². The van der Waals surface area contributed by atoms with Crippen LogP contribution < -0.4 is 9.80 Å². The molecular weight excluding hydrogens is 460 g/mol. The Bertz CT molecular complexity index is 1640. The molecule has 0 radical (unpaired) electrons. The molecule has 1 saturated heterocycles. The van der Waals surface area contributed by atoms with Crippen LogP contribution in [0.2, 0.25) is 0 Å². The number of hydrogen-bond donors (Lipinski definition) is 0. The summed E-state index contributed by atoms with van der Waals surface area (Å²) < 4.78 is 28.3. The van der Waals surface area contributed by atoms with Crippen LogP contribution in [0, 0.1) is 6.92 Å². The zero-order chi connectivity index (χ0) is 24.0. The predicted octanol–water partition coefficient (Wildman–Crippen LogP) is 3.75. The van der Waals surface area contributed by atoms with Gasteiger partial charge in [0.05, 0.1) is 10.4 Å². The van der Waals surface area contributed by atoms with Gasteiger partial charge in [-0.25, -0.2) is 13.4 Å². The Hall–Kier alpha value is -3.98. The third-order valence-corrected chi connectivity index (χ3v) is 8.12. The number of sulfone groups is 1. The number of para-hydroxylation sites is 1. The van der Waals surface area contributed by atoms with E-state index >= 15 is 0 Å². The van der Waals surface area contributed by atoms with E-state index in [0.29, 0.717) is 0 Å². The summed E-state index contributed by atoms with van der Waals surface area (Å²) in [7, 11) is -3.87. The lowest BCUT2D eigenvalue weighted by molar-refractivity contribution is 0.592. The summed E-state index contributed by atoms with van der Waals surface area (Å²) in [6.07, 6.45) is 0. The van der Waals surface area contributed by atoms with Crippen molar-refractivity contribution in [1.82, 2.24) is 19.8 Å². The van der Waals surface area contributed by atoms with Crippen molar-refractivity contribution in [3.05, 3.63) is 84.4 Å². The van der Waals surface area contributed by atoms with E-state index in [-0.39, 0.29) is 15.6 Å². The highest BCUT2D eigenvalue weighted by Gasteiger charge is 2.28. The molecule has 5 aromatic rings. The summed E-state index contributed by atoms with van der Waals surface area (Å²) in [6.45, 7) is 5.33. The SMILES string of the molecule is Cc1cccc(N2CCN(c3nc4c(S(=O)(=O)c5ccccc5)nnn4c4ccccc34)CC2)c1. The van der Waals surface area contributed by atoms with Gasteiger partial charge in [0.1, 0.15) is 5.82 Å². The van der Waals surface area contributed by atoms with Crippen molar-refractivity contribution < 1.29 is 8.42 Å². The first-order valence-electron chi connectivity index (χ1n) is 11.5. The fourth-order valence-corrected chi connectivity index (χ4v) is 5.91. The molecule has 1 fully saturated rings. The van der Waals surface area contributed by atoms with Crippen molar-refractivity contribution in [1.29, 1.82) is 0 Å². The van der Waals surface area contributed by atoms with Crippen molar-refractivity contribution in [3.8, 4) is 0 Å². The van der Waals surface area contributed by atoms with E-state index < -0.39 is 9.84 Å². The molecule has 0 bridgehead atoms. The topological polar surface area (TPSA) is 83.7 Å². The van der Waals surface area contributed by atoms with Gasteiger partial charge in [-0.05, 0) is 48.9 Å². The molecule has 1 aliphatic heterocycles. The predicted molar refractivity (Wildman–Crippen MR) is 136 cm³/mol. The Morgan fingerprint density at radius 3 is 2.29 bits per heavy atom.